The number of likely N-dealkylation sites (N-methyl/N-ethyl adjacent to an activating group) is 1. The molecule has 0 aliphatic carbocycles. The second-order valence-corrected chi connectivity index (χ2v) is 21.1. The van der Waals surface area contributed by atoms with Crippen molar-refractivity contribution in [3.05, 3.63) is 54.1 Å². The number of hydrogen-bond donors (Lipinski definition) is 10. The van der Waals surface area contributed by atoms with E-state index >= 15 is 0 Å². The number of H-pyrrole nitrogens is 1. The molecular weight excluding hydrogens is 977 g/mol. The van der Waals surface area contributed by atoms with E-state index in [9.17, 15) is 43.5 Å². The highest BCUT2D eigenvalue weighted by molar-refractivity contribution is 7.98. The van der Waals surface area contributed by atoms with Crippen LogP contribution in [0.15, 0.2) is 42.9 Å². The van der Waals surface area contributed by atoms with Gasteiger partial charge in [0.1, 0.15) is 42.3 Å². The summed E-state index contributed by atoms with van der Waals surface area (Å²) in [6, 6.07) is 0.824. The summed E-state index contributed by atoms with van der Waals surface area (Å²) in [6.07, 6.45) is 21.1. The number of hydrogen-bond acceptors (Lipinski definition) is 11. The van der Waals surface area contributed by atoms with E-state index in [0.717, 1.165) is 19.3 Å². The number of aliphatic hydroxyl groups is 1. The Hall–Kier alpha value is -5.50. The molecule has 0 bridgehead atoms. The summed E-state index contributed by atoms with van der Waals surface area (Å²) < 4.78 is 0. The van der Waals surface area contributed by atoms with Crippen LogP contribution in [0.3, 0.4) is 0 Å². The molecule has 1 heterocycles. The summed E-state index contributed by atoms with van der Waals surface area (Å²) in [5, 5.41) is 32.0. The highest BCUT2D eigenvalue weighted by Crippen LogP contribution is 2.16. The average Bonchev–Trinajstić information content (AvgIpc) is 3.91. The molecule has 0 radical (unpaired) electrons. The zero-order valence-electron chi connectivity index (χ0n) is 46.2. The number of carbonyl (C=O) groups excluding carboxylic acids is 8. The van der Waals surface area contributed by atoms with Gasteiger partial charge in [0.15, 0.2) is 0 Å². The van der Waals surface area contributed by atoms with E-state index in [4.69, 9.17) is 0 Å². The topological polar surface area (TPSA) is 282 Å². The quantitative estimate of drug-likeness (QED) is 0.0410. The minimum Gasteiger partial charge on any atom is -0.394 e. The summed E-state index contributed by atoms with van der Waals surface area (Å²) in [7, 11) is 1.45. The fourth-order valence-electron chi connectivity index (χ4n) is 8.49. The van der Waals surface area contributed by atoms with Gasteiger partial charge < -0.3 is 52.6 Å². The van der Waals surface area contributed by atoms with Crippen LogP contribution in [0.4, 0.5) is 0 Å². The Balaban J connectivity index is 2.19. The molecule has 75 heavy (non-hydrogen) atoms. The van der Waals surface area contributed by atoms with E-state index in [-0.39, 0.29) is 43.9 Å². The van der Waals surface area contributed by atoms with Crippen LogP contribution < -0.4 is 42.5 Å². The second-order valence-electron chi connectivity index (χ2n) is 20.1. The van der Waals surface area contributed by atoms with Crippen molar-refractivity contribution in [1.29, 1.82) is 0 Å². The Morgan fingerprint density at radius 1 is 0.600 bits per heavy atom. The number of aromatic amines is 1. The SMILES string of the molecule is CCCCCCCCCCCCCCCC(=O)N[C@@H](Cc1cnc[nH]1)C(=O)N[C@@H](CO)C(=O)N[C@@H](CC(C)C)C(=O)N[C@H](C(=O)N[C@@H](Cc1ccccc1)C(=O)N[C@@H](CCSC)C(=O)N[C@@H](C)C(=O)NC)[C@@H](C)CC. The van der Waals surface area contributed by atoms with Crippen LogP contribution in [0, 0.1) is 11.8 Å². The number of nitrogens with zero attached hydrogens (tertiary/aromatic N) is 1. The normalized spacial score (nSPS) is 14.4. The van der Waals surface area contributed by atoms with Gasteiger partial charge in [-0.1, -0.05) is 148 Å². The number of unbranched alkanes of at least 4 members (excludes halogenated alkanes) is 12. The van der Waals surface area contributed by atoms with Gasteiger partial charge in [-0.25, -0.2) is 4.98 Å². The van der Waals surface area contributed by atoms with E-state index in [1.54, 1.807) is 31.2 Å². The Morgan fingerprint density at radius 3 is 1.65 bits per heavy atom. The van der Waals surface area contributed by atoms with Crippen molar-refractivity contribution in [1.82, 2.24) is 52.5 Å². The van der Waals surface area contributed by atoms with Gasteiger partial charge in [-0.3, -0.25) is 38.4 Å². The first-order valence-electron chi connectivity index (χ1n) is 27.4. The molecule has 1 aromatic heterocycles. The van der Waals surface area contributed by atoms with Crippen molar-refractivity contribution in [3.8, 4) is 0 Å². The molecule has 0 saturated heterocycles. The van der Waals surface area contributed by atoms with Gasteiger partial charge in [-0.15, -0.1) is 0 Å². The molecule has 1 aromatic carbocycles. The fourth-order valence-corrected chi connectivity index (χ4v) is 8.96. The highest BCUT2D eigenvalue weighted by Gasteiger charge is 2.35. The van der Waals surface area contributed by atoms with Crippen LogP contribution >= 0.6 is 11.8 Å². The molecule has 0 saturated carbocycles. The molecule has 0 aliphatic heterocycles. The molecule has 0 aliphatic rings. The maximum atomic E-state index is 14.4. The van der Waals surface area contributed by atoms with Crippen molar-refractivity contribution < 1.29 is 43.5 Å². The molecule has 20 heteroatoms. The monoisotopic (exact) mass is 1070 g/mol. The lowest BCUT2D eigenvalue weighted by Gasteiger charge is -2.30. The number of carbonyl (C=O) groups is 8. The fraction of sp³-hybridized carbons (Fsp3) is 0.691. The van der Waals surface area contributed by atoms with Crippen LogP contribution in [-0.2, 0) is 51.2 Å². The number of rotatable bonds is 40. The number of aromatic nitrogens is 2. The lowest BCUT2D eigenvalue weighted by Crippen LogP contribution is -2.61. The summed E-state index contributed by atoms with van der Waals surface area (Å²) in [6.45, 7) is 10.2. The van der Waals surface area contributed by atoms with Crippen molar-refractivity contribution in [2.24, 2.45) is 11.8 Å². The summed E-state index contributed by atoms with van der Waals surface area (Å²) in [5.74, 6) is -5.03. The molecule has 0 spiro atoms. The van der Waals surface area contributed by atoms with Crippen molar-refractivity contribution in [3.63, 3.8) is 0 Å². The largest absolute Gasteiger partial charge is 0.394 e. The van der Waals surface area contributed by atoms with Gasteiger partial charge in [-0.05, 0) is 55.6 Å². The van der Waals surface area contributed by atoms with Crippen LogP contribution in [0.25, 0.3) is 0 Å². The molecule has 0 fully saturated rings. The first-order valence-corrected chi connectivity index (χ1v) is 28.8. The Labute approximate surface area is 450 Å². The third-order valence-corrected chi connectivity index (χ3v) is 13.9. The van der Waals surface area contributed by atoms with E-state index in [2.05, 4.69) is 59.4 Å². The van der Waals surface area contributed by atoms with E-state index in [0.29, 0.717) is 29.9 Å². The van der Waals surface area contributed by atoms with E-state index < -0.39 is 96.2 Å². The van der Waals surface area contributed by atoms with Crippen molar-refractivity contribution in [2.45, 2.75) is 206 Å². The third-order valence-electron chi connectivity index (χ3n) is 13.2. The molecule has 10 N–H and O–H groups in total. The predicted octanol–water partition coefficient (Wildman–Crippen LogP) is 4.67. The minimum absolute atomic E-state index is 0.0353. The Bertz CT molecular complexity index is 1990. The number of nitrogens with one attached hydrogen (secondary N) is 9. The van der Waals surface area contributed by atoms with Gasteiger partial charge in [0, 0.05) is 38.2 Å². The van der Waals surface area contributed by atoms with Crippen LogP contribution in [0.2, 0.25) is 0 Å². The van der Waals surface area contributed by atoms with Crippen LogP contribution in [0.1, 0.15) is 162 Å². The lowest BCUT2D eigenvalue weighted by molar-refractivity contribution is -0.136. The predicted molar refractivity (Wildman–Crippen MR) is 295 cm³/mol. The van der Waals surface area contributed by atoms with E-state index in [1.807, 2.05) is 33.1 Å². The lowest BCUT2D eigenvalue weighted by atomic mass is 9.95. The van der Waals surface area contributed by atoms with Gasteiger partial charge in [0.25, 0.3) is 0 Å². The Kier molecular flexibility index (Phi) is 33.3. The average molecular weight is 1070 g/mol. The summed E-state index contributed by atoms with van der Waals surface area (Å²) in [4.78, 5) is 116. The molecule has 2 aromatic rings. The molecule has 0 unspecified atom stereocenters. The number of imidazole rings is 1. The maximum Gasteiger partial charge on any atom is 0.245 e. The van der Waals surface area contributed by atoms with Crippen molar-refractivity contribution >= 4 is 59.0 Å². The molecule has 2 rings (SSSR count). The minimum atomic E-state index is -1.51. The first-order chi connectivity index (χ1) is 36.0. The Morgan fingerprint density at radius 2 is 1.12 bits per heavy atom. The van der Waals surface area contributed by atoms with Gasteiger partial charge in [0.2, 0.25) is 47.3 Å². The molecule has 8 atom stereocenters. The maximum absolute atomic E-state index is 14.4. The zero-order chi connectivity index (χ0) is 55.5. The van der Waals surface area contributed by atoms with Gasteiger partial charge >= 0.3 is 0 Å². The van der Waals surface area contributed by atoms with Crippen LogP contribution in [0.5, 0.6) is 0 Å². The standard InChI is InChI=1S/C55H92N10O9S/c1-9-11-12-13-14-15-16-17-18-19-20-21-25-28-47(67)60-45(33-41-34-57-36-58-41)52(71)64-46(35-66)54(73)62-43(31-37(3)4)53(72)65-48(38(5)10-2)55(74)63-44(32-40-26-23-22-24-27-40)51(70)61-42(29-30-75-8)50(69)59-39(6)49(68)56-7/h22-24,26-27,34,36-39,42-46,48,66H,9-21,25,28-33,35H2,1-8H3,(H,56,68)(H,57,58)(H,59,69)(H,60,67)(H,61,70)(H,62,73)(H,63,74)(H,64,71)(H,65,72)/t38-,39-,42-,43-,44-,45-,46-,48-/m0/s1. The van der Waals surface area contributed by atoms with Crippen molar-refractivity contribution in [2.75, 3.05) is 25.7 Å². The van der Waals surface area contributed by atoms with E-state index in [1.165, 1.54) is 96.0 Å². The number of benzene rings is 1. The second kappa shape index (κ2) is 38.1. The molecule has 8 amide bonds. The number of amides is 8. The molecule has 422 valence electrons. The first kappa shape index (κ1) is 65.6. The van der Waals surface area contributed by atoms with Crippen LogP contribution in [-0.4, -0.2) is 130 Å². The zero-order valence-corrected chi connectivity index (χ0v) is 47.0. The highest BCUT2D eigenvalue weighted by atomic mass is 32.2. The number of aliphatic hydroxyl groups excluding tert-OH is 1. The molecular formula is C55H92N10O9S. The van der Waals surface area contributed by atoms with Gasteiger partial charge in [-0.2, -0.15) is 11.8 Å². The summed E-state index contributed by atoms with van der Waals surface area (Å²) in [5.41, 5.74) is 1.28. The smallest absolute Gasteiger partial charge is 0.245 e. The molecule has 19 nitrogen and oxygen atoms in total. The number of thioether (sulfide) groups is 1. The summed E-state index contributed by atoms with van der Waals surface area (Å²) >= 11 is 1.47. The van der Waals surface area contributed by atoms with Gasteiger partial charge in [0.05, 0.1) is 12.9 Å². The third kappa shape index (κ3) is 26.7.